The number of nitro groups is 1. The molecule has 4 nitrogen and oxygen atoms in total. The smallest absolute Gasteiger partial charge is 0.269 e. The van der Waals surface area contributed by atoms with Gasteiger partial charge in [-0.2, -0.15) is 0 Å². The van der Waals surface area contributed by atoms with Crippen LogP contribution in [0.2, 0.25) is 0 Å². The largest absolute Gasteiger partial charge is 0.278 e. The van der Waals surface area contributed by atoms with Crippen LogP contribution >= 0.6 is 11.8 Å². The zero-order valence-corrected chi connectivity index (χ0v) is 9.31. The molecule has 2 rings (SSSR count). The molecule has 1 heterocycles. The molecule has 0 unspecified atom stereocenters. The third-order valence-corrected chi connectivity index (χ3v) is 3.08. The second kappa shape index (κ2) is 4.94. The second-order valence-electron chi connectivity index (χ2n) is 3.25. The minimum Gasteiger partial charge on any atom is -0.278 e. The molecule has 0 atom stereocenters. The zero-order chi connectivity index (χ0) is 11.4. The van der Waals surface area contributed by atoms with Gasteiger partial charge in [0.2, 0.25) is 0 Å². The fraction of sp³-hybridized carbons (Fsp3) is 0.182. The quantitative estimate of drug-likeness (QED) is 0.597. The van der Waals surface area contributed by atoms with E-state index < -0.39 is 4.92 Å². The van der Waals surface area contributed by atoms with Gasteiger partial charge in [0, 0.05) is 24.4 Å². The Morgan fingerprint density at radius 2 is 2.06 bits per heavy atom. The lowest BCUT2D eigenvalue weighted by Gasteiger charge is -1.93. The predicted octanol–water partition coefficient (Wildman–Crippen LogP) is 2.75. The van der Waals surface area contributed by atoms with Crippen LogP contribution in [0.1, 0.15) is 5.56 Å². The van der Waals surface area contributed by atoms with Crippen LogP contribution in [0, 0.1) is 10.1 Å². The first-order valence-corrected chi connectivity index (χ1v) is 5.84. The van der Waals surface area contributed by atoms with Gasteiger partial charge in [-0.3, -0.25) is 15.1 Å². The van der Waals surface area contributed by atoms with E-state index in [9.17, 15) is 10.1 Å². The highest BCUT2D eigenvalue weighted by Gasteiger charge is 2.04. The minimum atomic E-state index is -0.398. The number of nitrogens with zero attached hydrogens (tertiary/aromatic N) is 2. The highest BCUT2D eigenvalue weighted by molar-refractivity contribution is 8.14. The molecule has 0 aliphatic carbocycles. The Hall–Kier alpha value is -1.62. The normalized spacial score (nSPS) is 15.4. The molecule has 0 bridgehead atoms. The highest BCUT2D eigenvalue weighted by atomic mass is 32.2. The number of nitro benzene ring substituents is 1. The lowest BCUT2D eigenvalue weighted by molar-refractivity contribution is -0.384. The fourth-order valence-corrected chi connectivity index (χ4v) is 2.07. The summed E-state index contributed by atoms with van der Waals surface area (Å²) in [6.07, 6.45) is 3.86. The molecule has 82 valence electrons. The third-order valence-electron chi connectivity index (χ3n) is 2.13. The molecule has 16 heavy (non-hydrogen) atoms. The number of rotatable bonds is 3. The van der Waals surface area contributed by atoms with E-state index in [-0.39, 0.29) is 5.69 Å². The molecule has 0 saturated carbocycles. The van der Waals surface area contributed by atoms with Gasteiger partial charge in [0.05, 0.1) is 9.97 Å². The number of non-ortho nitro benzene ring substituents is 1. The van der Waals surface area contributed by atoms with Crippen molar-refractivity contribution in [1.82, 2.24) is 0 Å². The molecule has 1 aliphatic heterocycles. The van der Waals surface area contributed by atoms with Crippen molar-refractivity contribution in [3.05, 3.63) is 46.0 Å². The van der Waals surface area contributed by atoms with E-state index in [4.69, 9.17) is 0 Å². The van der Waals surface area contributed by atoms with E-state index >= 15 is 0 Å². The Bertz CT molecular complexity index is 452. The standard InChI is InChI=1S/C11H10N2O2S/c14-13(15)10-4-1-9(2-5-10)3-6-11-12-7-8-16-11/h1-6H,7-8H2/b6-3+. The first-order valence-electron chi connectivity index (χ1n) is 4.85. The molecule has 1 aromatic rings. The van der Waals surface area contributed by atoms with E-state index in [0.717, 1.165) is 22.9 Å². The summed E-state index contributed by atoms with van der Waals surface area (Å²) in [7, 11) is 0. The summed E-state index contributed by atoms with van der Waals surface area (Å²) in [5.74, 6) is 1.04. The Labute approximate surface area is 97.2 Å². The number of benzene rings is 1. The molecule has 0 saturated heterocycles. The average molecular weight is 234 g/mol. The van der Waals surface area contributed by atoms with Crippen molar-refractivity contribution in [2.24, 2.45) is 4.99 Å². The van der Waals surface area contributed by atoms with Gasteiger partial charge in [0.15, 0.2) is 0 Å². The van der Waals surface area contributed by atoms with Crippen LogP contribution in [0.25, 0.3) is 6.08 Å². The lowest BCUT2D eigenvalue weighted by Crippen LogP contribution is -1.86. The van der Waals surface area contributed by atoms with Crippen LogP contribution in [0.15, 0.2) is 35.3 Å². The van der Waals surface area contributed by atoms with Crippen molar-refractivity contribution in [3.8, 4) is 0 Å². The molecule has 1 aromatic carbocycles. The predicted molar refractivity (Wildman–Crippen MR) is 66.9 cm³/mol. The molecule has 5 heteroatoms. The van der Waals surface area contributed by atoms with Gasteiger partial charge in [-0.05, 0) is 23.8 Å². The number of hydrogen-bond donors (Lipinski definition) is 0. The summed E-state index contributed by atoms with van der Waals surface area (Å²) in [5, 5.41) is 11.5. The van der Waals surface area contributed by atoms with Gasteiger partial charge in [0.1, 0.15) is 0 Å². The first kappa shape index (κ1) is 10.9. The summed E-state index contributed by atoms with van der Waals surface area (Å²) in [4.78, 5) is 14.3. The van der Waals surface area contributed by atoms with Gasteiger partial charge >= 0.3 is 0 Å². The SMILES string of the molecule is O=[N+]([O-])c1ccc(/C=C/C2=NCCS2)cc1. The van der Waals surface area contributed by atoms with E-state index in [1.165, 1.54) is 12.1 Å². The molecule has 0 N–H and O–H groups in total. The highest BCUT2D eigenvalue weighted by Crippen LogP contribution is 2.16. The average Bonchev–Trinajstić information content (AvgIpc) is 2.80. The van der Waals surface area contributed by atoms with E-state index in [0.29, 0.717) is 0 Å². The molecule has 1 aliphatic rings. The Balaban J connectivity index is 2.07. The van der Waals surface area contributed by atoms with E-state index in [1.54, 1.807) is 23.9 Å². The van der Waals surface area contributed by atoms with Crippen LogP contribution in [0.3, 0.4) is 0 Å². The molecule has 0 amide bonds. The first-order chi connectivity index (χ1) is 7.75. The van der Waals surface area contributed by atoms with Crippen molar-refractivity contribution in [2.45, 2.75) is 0 Å². The number of hydrogen-bond acceptors (Lipinski definition) is 4. The summed E-state index contributed by atoms with van der Waals surface area (Å²) >= 11 is 1.72. The van der Waals surface area contributed by atoms with Crippen LogP contribution < -0.4 is 0 Å². The molecular weight excluding hydrogens is 224 g/mol. The van der Waals surface area contributed by atoms with Gasteiger partial charge in [-0.1, -0.05) is 6.08 Å². The summed E-state index contributed by atoms with van der Waals surface area (Å²) in [6, 6.07) is 6.47. The van der Waals surface area contributed by atoms with E-state index in [1.807, 2.05) is 12.2 Å². The van der Waals surface area contributed by atoms with Gasteiger partial charge in [-0.15, -0.1) is 11.8 Å². The summed E-state index contributed by atoms with van der Waals surface area (Å²) in [6.45, 7) is 0.880. The van der Waals surface area contributed by atoms with Crippen molar-refractivity contribution in [2.75, 3.05) is 12.3 Å². The van der Waals surface area contributed by atoms with Crippen molar-refractivity contribution >= 4 is 28.6 Å². The zero-order valence-electron chi connectivity index (χ0n) is 8.50. The van der Waals surface area contributed by atoms with Crippen LogP contribution in [-0.4, -0.2) is 22.3 Å². The lowest BCUT2D eigenvalue weighted by atomic mass is 10.2. The van der Waals surface area contributed by atoms with Crippen molar-refractivity contribution in [3.63, 3.8) is 0 Å². The molecule has 0 radical (unpaired) electrons. The van der Waals surface area contributed by atoms with Gasteiger partial charge in [0.25, 0.3) is 5.69 Å². The summed E-state index contributed by atoms with van der Waals surface area (Å²) in [5.41, 5.74) is 1.06. The summed E-state index contributed by atoms with van der Waals surface area (Å²) < 4.78 is 0. The van der Waals surface area contributed by atoms with Crippen molar-refractivity contribution < 1.29 is 4.92 Å². The molecule has 0 aromatic heterocycles. The molecule has 0 spiro atoms. The number of aliphatic imine (C=N–C) groups is 1. The Kier molecular flexibility index (Phi) is 3.36. The van der Waals surface area contributed by atoms with E-state index in [2.05, 4.69) is 4.99 Å². The van der Waals surface area contributed by atoms with Gasteiger partial charge < -0.3 is 0 Å². The Morgan fingerprint density at radius 1 is 1.31 bits per heavy atom. The maximum atomic E-state index is 10.4. The van der Waals surface area contributed by atoms with Crippen molar-refractivity contribution in [1.29, 1.82) is 0 Å². The Morgan fingerprint density at radius 3 is 2.62 bits per heavy atom. The fourth-order valence-electron chi connectivity index (χ4n) is 1.33. The number of thioether (sulfide) groups is 1. The maximum absolute atomic E-state index is 10.4. The molecule has 0 fully saturated rings. The second-order valence-corrected chi connectivity index (χ2v) is 4.37. The van der Waals surface area contributed by atoms with Crippen LogP contribution in [-0.2, 0) is 0 Å². The third kappa shape index (κ3) is 2.70. The monoisotopic (exact) mass is 234 g/mol. The molecular formula is C11H10N2O2S. The maximum Gasteiger partial charge on any atom is 0.269 e. The van der Waals surface area contributed by atoms with Gasteiger partial charge in [-0.25, -0.2) is 0 Å². The minimum absolute atomic E-state index is 0.115. The van der Waals surface area contributed by atoms with Crippen LogP contribution in [0.4, 0.5) is 5.69 Å². The topological polar surface area (TPSA) is 55.5 Å². The van der Waals surface area contributed by atoms with Crippen LogP contribution in [0.5, 0.6) is 0 Å².